The first kappa shape index (κ1) is 24.6. The van der Waals surface area contributed by atoms with Gasteiger partial charge in [-0.25, -0.2) is 4.39 Å². The molecule has 0 aromatic heterocycles. The van der Waals surface area contributed by atoms with Crippen molar-refractivity contribution in [2.75, 3.05) is 5.32 Å². The predicted octanol–water partition coefficient (Wildman–Crippen LogP) is 4.33. The second-order valence-corrected chi connectivity index (χ2v) is 10.1. The van der Waals surface area contributed by atoms with Crippen molar-refractivity contribution < 1.29 is 35.6 Å². The number of nitrogens with one attached hydrogen (secondary N) is 1. The summed E-state index contributed by atoms with van der Waals surface area (Å²) in [5, 5.41) is 2.72. The number of hydrogen-bond donors (Lipinski definition) is 1. The van der Waals surface area contributed by atoms with Crippen LogP contribution in [-0.2, 0) is 32.3 Å². The van der Waals surface area contributed by atoms with Crippen molar-refractivity contribution >= 4 is 33.2 Å². The lowest BCUT2D eigenvalue weighted by atomic mass is 9.96. The minimum absolute atomic E-state index is 0.104. The number of nitrogens with zero attached hydrogens (tertiary/aromatic N) is 2. The quantitative estimate of drug-likeness (QED) is 0.400. The average molecular weight is 531 g/mol. The van der Waals surface area contributed by atoms with Gasteiger partial charge < -0.3 is 10.2 Å². The van der Waals surface area contributed by atoms with E-state index in [1.54, 1.807) is 6.07 Å². The highest BCUT2D eigenvalue weighted by atomic mass is 32.2. The number of amidine groups is 1. The summed E-state index contributed by atoms with van der Waals surface area (Å²) in [4.78, 5) is 28.0. The van der Waals surface area contributed by atoms with Gasteiger partial charge in [0, 0.05) is 6.54 Å². The van der Waals surface area contributed by atoms with E-state index < -0.39 is 63.6 Å². The molecule has 0 saturated carbocycles. The Morgan fingerprint density at radius 2 is 1.57 bits per heavy atom. The van der Waals surface area contributed by atoms with E-state index in [9.17, 15) is 35.6 Å². The molecule has 190 valence electrons. The number of likely N-dealkylation sites (tertiary alicyclic amines) is 1. The molecular weight excluding hydrogens is 514 g/mol. The molecule has 2 atom stereocenters. The topological polar surface area (TPSA) is 95.9 Å². The van der Waals surface area contributed by atoms with E-state index in [1.807, 2.05) is 0 Å². The van der Waals surface area contributed by atoms with Gasteiger partial charge in [0.1, 0.15) is 22.6 Å². The Morgan fingerprint density at radius 1 is 0.919 bits per heavy atom. The third-order valence-electron chi connectivity index (χ3n) is 6.16. The maximum absolute atomic E-state index is 13.6. The lowest BCUT2D eigenvalue weighted by Gasteiger charge is -2.25. The second-order valence-electron chi connectivity index (χ2n) is 8.48. The molecule has 0 spiro atoms. The van der Waals surface area contributed by atoms with E-state index in [4.69, 9.17) is 0 Å². The van der Waals surface area contributed by atoms with Crippen LogP contribution in [0.2, 0.25) is 0 Å². The van der Waals surface area contributed by atoms with Crippen molar-refractivity contribution in [2.24, 2.45) is 10.3 Å². The summed E-state index contributed by atoms with van der Waals surface area (Å²) < 4.78 is 83.6. The van der Waals surface area contributed by atoms with Gasteiger partial charge in [0.25, 0.3) is 10.0 Å². The van der Waals surface area contributed by atoms with E-state index in [0.717, 1.165) is 23.1 Å². The minimum atomic E-state index is -4.72. The Balaban J connectivity index is 1.60. The van der Waals surface area contributed by atoms with Crippen LogP contribution in [0.3, 0.4) is 0 Å². The first-order valence-electron chi connectivity index (χ1n) is 10.9. The molecule has 0 radical (unpaired) electrons. The molecule has 5 rings (SSSR count). The molecule has 1 N–H and O–H groups in total. The maximum Gasteiger partial charge on any atom is 0.416 e. The normalized spacial score (nSPS) is 20.9. The molecule has 37 heavy (non-hydrogen) atoms. The van der Waals surface area contributed by atoms with Gasteiger partial charge in [0.05, 0.1) is 11.3 Å². The molecule has 0 aliphatic carbocycles. The molecule has 3 aromatic carbocycles. The molecule has 12 heteroatoms. The lowest BCUT2D eigenvalue weighted by molar-refractivity contribution is -0.139. The number of hydrogen-bond acceptors (Lipinski definition) is 5. The number of sulfonamides is 1. The molecule has 2 aliphatic rings. The van der Waals surface area contributed by atoms with Crippen LogP contribution in [0.1, 0.15) is 22.7 Å². The number of amides is 1. The van der Waals surface area contributed by atoms with Crippen molar-refractivity contribution in [1.82, 2.24) is 4.90 Å². The highest BCUT2D eigenvalue weighted by molar-refractivity contribution is 7.90. The van der Waals surface area contributed by atoms with Crippen molar-refractivity contribution in [3.8, 4) is 0 Å². The number of ketones is 1. The molecule has 3 aromatic rings. The van der Waals surface area contributed by atoms with Gasteiger partial charge in [-0.15, -0.1) is 4.40 Å². The van der Waals surface area contributed by atoms with Crippen molar-refractivity contribution in [1.29, 1.82) is 0 Å². The smallest absolute Gasteiger partial charge is 0.341 e. The molecule has 2 heterocycles. The van der Waals surface area contributed by atoms with Crippen molar-refractivity contribution in [2.45, 2.75) is 23.7 Å². The first-order valence-corrected chi connectivity index (χ1v) is 12.4. The van der Waals surface area contributed by atoms with Crippen molar-refractivity contribution in [3.05, 3.63) is 95.3 Å². The van der Waals surface area contributed by atoms with Crippen LogP contribution < -0.4 is 5.32 Å². The predicted molar refractivity (Wildman–Crippen MR) is 124 cm³/mol. The van der Waals surface area contributed by atoms with Crippen LogP contribution in [0.15, 0.2) is 82.1 Å². The zero-order chi connectivity index (χ0) is 26.5. The summed E-state index contributed by atoms with van der Waals surface area (Å²) in [6, 6.07) is 13.6. The molecule has 1 unspecified atom stereocenters. The van der Waals surface area contributed by atoms with Crippen LogP contribution in [0.5, 0.6) is 0 Å². The summed E-state index contributed by atoms with van der Waals surface area (Å²) in [6.07, 6.45) is -4.72. The van der Waals surface area contributed by atoms with Gasteiger partial charge in [-0.1, -0.05) is 42.5 Å². The maximum atomic E-state index is 13.6. The fourth-order valence-electron chi connectivity index (χ4n) is 4.51. The number of rotatable bonds is 4. The van der Waals surface area contributed by atoms with E-state index in [2.05, 4.69) is 9.71 Å². The number of carbonyl (C=O) groups is 2. The Bertz CT molecular complexity index is 1550. The van der Waals surface area contributed by atoms with Crippen molar-refractivity contribution in [3.63, 3.8) is 0 Å². The molecular formula is C25H17F4N3O4S. The Morgan fingerprint density at radius 3 is 2.27 bits per heavy atom. The first-order chi connectivity index (χ1) is 17.5. The van der Waals surface area contributed by atoms with Gasteiger partial charge in [-0.05, 0) is 41.5 Å². The van der Waals surface area contributed by atoms with Gasteiger partial charge in [0.15, 0.2) is 11.7 Å². The Labute approximate surface area is 208 Å². The number of alkyl halides is 3. The van der Waals surface area contributed by atoms with E-state index in [1.165, 1.54) is 48.5 Å². The summed E-state index contributed by atoms with van der Waals surface area (Å²) >= 11 is 0. The molecule has 1 amide bonds. The van der Waals surface area contributed by atoms with E-state index in [-0.39, 0.29) is 21.7 Å². The van der Waals surface area contributed by atoms with Crippen LogP contribution >= 0.6 is 0 Å². The Kier molecular flexibility index (Phi) is 5.86. The summed E-state index contributed by atoms with van der Waals surface area (Å²) in [5.41, 5.74) is -0.986. The van der Waals surface area contributed by atoms with Crippen LogP contribution in [0.4, 0.5) is 23.2 Å². The zero-order valence-electron chi connectivity index (χ0n) is 18.7. The molecule has 7 nitrogen and oxygen atoms in total. The summed E-state index contributed by atoms with van der Waals surface area (Å²) in [7, 11) is -4.26. The lowest BCUT2D eigenvalue weighted by Crippen LogP contribution is -2.37. The largest absolute Gasteiger partial charge is 0.416 e. The van der Waals surface area contributed by atoms with Gasteiger partial charge in [0.2, 0.25) is 5.91 Å². The number of halogens is 4. The minimum Gasteiger partial charge on any atom is -0.341 e. The SMILES string of the molecule is O=C1C(C2=NS(=O)(=O)c3ccccc3N2)C(=O)N(Cc2ccccc2C(F)(F)F)[C@H]1c1ccc(F)cc1. The Hall–Kier alpha value is -4.06. The molecule has 2 aliphatic heterocycles. The highest BCUT2D eigenvalue weighted by Crippen LogP contribution is 2.40. The number of para-hydroxylation sites is 1. The molecule has 0 bridgehead atoms. The zero-order valence-corrected chi connectivity index (χ0v) is 19.6. The number of Topliss-reactive ketones (excluding diaryl/α,β-unsaturated/α-hetero) is 1. The monoisotopic (exact) mass is 531 g/mol. The van der Waals surface area contributed by atoms with Crippen LogP contribution in [-0.4, -0.2) is 30.8 Å². The highest BCUT2D eigenvalue weighted by Gasteiger charge is 2.52. The van der Waals surface area contributed by atoms with E-state index in [0.29, 0.717) is 0 Å². The molecule has 1 fully saturated rings. The fraction of sp³-hybridized carbons (Fsp3) is 0.160. The molecule has 1 saturated heterocycles. The third-order valence-corrected chi connectivity index (χ3v) is 7.51. The second kappa shape index (κ2) is 8.80. The number of anilines is 1. The fourth-order valence-corrected chi connectivity index (χ4v) is 5.67. The number of fused-ring (bicyclic) bond motifs is 1. The van der Waals surface area contributed by atoms with Gasteiger partial charge in [-0.2, -0.15) is 21.6 Å². The van der Waals surface area contributed by atoms with Crippen LogP contribution in [0.25, 0.3) is 0 Å². The number of carbonyl (C=O) groups excluding carboxylic acids is 2. The standard InChI is InChI=1S/C25H17F4N3O4S/c26-16-11-9-14(10-12-16)21-22(33)20(23-30-18-7-3-4-8-19(18)37(35,36)31-23)24(34)32(21)13-15-5-1-2-6-17(15)25(27,28)29/h1-12,20-21H,13H2,(H,30,31)/t20?,21-/m0/s1. The van der Waals surface area contributed by atoms with Crippen LogP contribution in [0, 0.1) is 11.7 Å². The number of benzene rings is 3. The summed E-state index contributed by atoms with van der Waals surface area (Å²) in [6.45, 7) is -0.602. The van der Waals surface area contributed by atoms with Gasteiger partial charge >= 0.3 is 6.18 Å². The third kappa shape index (κ3) is 4.37. The van der Waals surface area contributed by atoms with Gasteiger partial charge in [-0.3, -0.25) is 9.59 Å². The summed E-state index contributed by atoms with van der Waals surface area (Å²) in [5.74, 6) is -4.53. The van der Waals surface area contributed by atoms with E-state index >= 15 is 0 Å². The average Bonchev–Trinajstić information content (AvgIpc) is 3.08.